The molecule has 1 heterocycles. The Bertz CT molecular complexity index is 795. The third-order valence-corrected chi connectivity index (χ3v) is 5.56. The summed E-state index contributed by atoms with van der Waals surface area (Å²) in [5, 5.41) is 6.00. The largest absolute Gasteiger partial charge is 0.486 e. The van der Waals surface area contributed by atoms with E-state index in [0.29, 0.717) is 19.1 Å². The molecule has 0 aliphatic rings. The summed E-state index contributed by atoms with van der Waals surface area (Å²) in [4.78, 5) is 19.3. The van der Waals surface area contributed by atoms with Crippen LogP contribution in [0.2, 0.25) is 0 Å². The van der Waals surface area contributed by atoms with E-state index in [0.717, 1.165) is 22.9 Å². The molecule has 2 aromatic rings. The van der Waals surface area contributed by atoms with E-state index in [2.05, 4.69) is 39.1 Å². The number of nitrogens with one attached hydrogen (secondary N) is 1. The van der Waals surface area contributed by atoms with Crippen LogP contribution in [-0.2, 0) is 13.2 Å². The molecule has 0 fully saturated rings. The molecule has 0 radical (unpaired) electrons. The molecule has 160 valence electrons. The highest BCUT2D eigenvalue weighted by Gasteiger charge is 2.24. The molecule has 0 bridgehead atoms. The Labute approximate surface area is 179 Å². The summed E-state index contributed by atoms with van der Waals surface area (Å²) in [7, 11) is 0. The Morgan fingerprint density at radius 3 is 2.55 bits per heavy atom. The molecule has 0 aliphatic heterocycles. The Morgan fingerprint density at radius 1 is 1.24 bits per heavy atom. The van der Waals surface area contributed by atoms with Gasteiger partial charge in [0.05, 0.1) is 12.2 Å². The van der Waals surface area contributed by atoms with Crippen molar-refractivity contribution in [2.45, 2.75) is 85.5 Å². The van der Waals surface area contributed by atoms with Crippen molar-refractivity contribution in [1.82, 2.24) is 15.2 Å². The Kier molecular flexibility index (Phi) is 8.08. The minimum atomic E-state index is -0.270. The predicted octanol–water partition coefficient (Wildman–Crippen LogP) is 5.95. The molecule has 2 amide bonds. The third-order valence-electron chi connectivity index (χ3n) is 4.69. The number of carbonyl (C=O) groups excluding carboxylic acids is 1. The maximum absolute atomic E-state index is 12.7. The summed E-state index contributed by atoms with van der Waals surface area (Å²) >= 11 is 1.57. The summed E-state index contributed by atoms with van der Waals surface area (Å²) in [6, 6.07) is 8.22. The number of benzene rings is 1. The maximum atomic E-state index is 12.7. The van der Waals surface area contributed by atoms with E-state index < -0.39 is 0 Å². The quantitative estimate of drug-likeness (QED) is 0.577. The van der Waals surface area contributed by atoms with Gasteiger partial charge in [-0.15, -0.1) is 11.3 Å². The molecule has 2 rings (SSSR count). The second-order valence-electron chi connectivity index (χ2n) is 8.78. The minimum Gasteiger partial charge on any atom is -0.486 e. The minimum absolute atomic E-state index is 0.0523. The molecule has 29 heavy (non-hydrogen) atoms. The number of amides is 2. The fourth-order valence-corrected chi connectivity index (χ4v) is 3.63. The smallest absolute Gasteiger partial charge is 0.318 e. The fraction of sp³-hybridized carbons (Fsp3) is 0.565. The Morgan fingerprint density at radius 2 is 1.93 bits per heavy atom. The first kappa shape index (κ1) is 23.2. The van der Waals surface area contributed by atoms with Gasteiger partial charge in [0.15, 0.2) is 0 Å². The molecule has 5 nitrogen and oxygen atoms in total. The van der Waals surface area contributed by atoms with Gasteiger partial charge in [0.25, 0.3) is 0 Å². The van der Waals surface area contributed by atoms with Gasteiger partial charge in [-0.3, -0.25) is 0 Å². The third kappa shape index (κ3) is 7.03. The zero-order chi connectivity index (χ0) is 21.6. The molecule has 6 heteroatoms. The van der Waals surface area contributed by atoms with Gasteiger partial charge < -0.3 is 15.0 Å². The Balaban J connectivity index is 2.05. The van der Waals surface area contributed by atoms with E-state index in [4.69, 9.17) is 9.72 Å². The van der Waals surface area contributed by atoms with Gasteiger partial charge in [-0.05, 0) is 51.7 Å². The van der Waals surface area contributed by atoms with Gasteiger partial charge in [-0.2, -0.15) is 0 Å². The molecular formula is C23H35N3O2S. The number of carbonyl (C=O) groups is 1. The number of hydrogen-bond donors (Lipinski definition) is 1. The molecule has 0 saturated carbocycles. The predicted molar refractivity (Wildman–Crippen MR) is 121 cm³/mol. The van der Waals surface area contributed by atoms with Crippen LogP contribution in [0.1, 0.15) is 77.1 Å². The van der Waals surface area contributed by atoms with Crippen LogP contribution < -0.4 is 10.1 Å². The number of hydrogen-bond acceptors (Lipinski definition) is 4. The standard InChI is InChI=1S/C23H35N3O2S/c1-8-17(4)26(22(27)25-23(5,6)7)13-18-15-29-21(24-18)14-28-20-12-10-9-11-19(20)16(2)3/h9-12,15-17H,8,13-14H2,1-7H3,(H,25,27)/t17-/m1/s1. The number of urea groups is 1. The van der Waals surface area contributed by atoms with Crippen molar-refractivity contribution >= 4 is 17.4 Å². The van der Waals surface area contributed by atoms with Crippen molar-refractivity contribution in [1.29, 1.82) is 0 Å². The van der Waals surface area contributed by atoms with Crippen LogP contribution in [-0.4, -0.2) is 27.5 Å². The second-order valence-corrected chi connectivity index (χ2v) is 9.72. The average molecular weight is 418 g/mol. The molecule has 0 unspecified atom stereocenters. The SMILES string of the molecule is CC[C@@H](C)N(Cc1csc(COc2ccccc2C(C)C)n1)C(=O)NC(C)(C)C. The van der Waals surface area contributed by atoms with E-state index in [1.54, 1.807) is 11.3 Å². The van der Waals surface area contributed by atoms with E-state index in [-0.39, 0.29) is 17.6 Å². The Hall–Kier alpha value is -2.08. The highest BCUT2D eigenvalue weighted by Crippen LogP contribution is 2.27. The lowest BCUT2D eigenvalue weighted by Gasteiger charge is -2.32. The van der Waals surface area contributed by atoms with Gasteiger partial charge >= 0.3 is 6.03 Å². The molecule has 1 N–H and O–H groups in total. The number of nitrogens with zero attached hydrogens (tertiary/aromatic N) is 2. The van der Waals surface area contributed by atoms with Crippen molar-refractivity contribution < 1.29 is 9.53 Å². The van der Waals surface area contributed by atoms with Crippen molar-refractivity contribution in [3.8, 4) is 5.75 Å². The number of thiazole rings is 1. The highest BCUT2D eigenvalue weighted by molar-refractivity contribution is 7.09. The summed E-state index contributed by atoms with van der Waals surface area (Å²) in [6.45, 7) is 15.4. The average Bonchev–Trinajstić information content (AvgIpc) is 3.10. The molecule has 1 atom stereocenters. The summed E-state index contributed by atoms with van der Waals surface area (Å²) in [5.74, 6) is 1.31. The number of aromatic nitrogens is 1. The lowest BCUT2D eigenvalue weighted by molar-refractivity contribution is 0.164. The van der Waals surface area contributed by atoms with E-state index >= 15 is 0 Å². The normalized spacial score (nSPS) is 12.7. The number of rotatable bonds is 8. The van der Waals surface area contributed by atoms with Gasteiger partial charge in [0.2, 0.25) is 0 Å². The zero-order valence-corrected chi connectivity index (χ0v) is 19.6. The topological polar surface area (TPSA) is 54.5 Å². The van der Waals surface area contributed by atoms with Gasteiger partial charge in [-0.1, -0.05) is 39.0 Å². The monoisotopic (exact) mass is 417 g/mol. The highest BCUT2D eigenvalue weighted by atomic mass is 32.1. The van der Waals surface area contributed by atoms with Crippen LogP contribution in [0.5, 0.6) is 5.75 Å². The fourth-order valence-electron chi connectivity index (χ4n) is 2.93. The maximum Gasteiger partial charge on any atom is 0.318 e. The first-order valence-electron chi connectivity index (χ1n) is 10.3. The van der Waals surface area contributed by atoms with Crippen LogP contribution in [0.4, 0.5) is 4.79 Å². The van der Waals surface area contributed by atoms with Crippen LogP contribution in [0.15, 0.2) is 29.6 Å². The molecular weight excluding hydrogens is 382 g/mol. The first-order chi connectivity index (χ1) is 13.6. The molecule has 0 aliphatic carbocycles. The summed E-state index contributed by atoms with van der Waals surface area (Å²) in [6.07, 6.45) is 0.893. The van der Waals surface area contributed by atoms with E-state index in [9.17, 15) is 4.79 Å². The van der Waals surface area contributed by atoms with Crippen molar-refractivity contribution in [2.24, 2.45) is 0 Å². The van der Waals surface area contributed by atoms with Gasteiger partial charge in [-0.25, -0.2) is 9.78 Å². The molecule has 1 aromatic heterocycles. The van der Waals surface area contributed by atoms with Crippen molar-refractivity contribution in [3.05, 3.63) is 45.9 Å². The summed E-state index contributed by atoms with van der Waals surface area (Å²) in [5.41, 5.74) is 1.83. The van der Waals surface area contributed by atoms with Gasteiger partial charge in [0, 0.05) is 17.0 Å². The summed E-state index contributed by atoms with van der Waals surface area (Å²) < 4.78 is 6.04. The van der Waals surface area contributed by atoms with Crippen LogP contribution in [0, 0.1) is 0 Å². The zero-order valence-electron chi connectivity index (χ0n) is 18.8. The first-order valence-corrected chi connectivity index (χ1v) is 11.2. The lowest BCUT2D eigenvalue weighted by Crippen LogP contribution is -2.50. The van der Waals surface area contributed by atoms with Crippen LogP contribution in [0.3, 0.4) is 0 Å². The second kappa shape index (κ2) is 10.1. The van der Waals surface area contributed by atoms with E-state index in [1.807, 2.05) is 49.3 Å². The van der Waals surface area contributed by atoms with Crippen molar-refractivity contribution in [2.75, 3.05) is 0 Å². The number of para-hydroxylation sites is 1. The van der Waals surface area contributed by atoms with Crippen LogP contribution in [0.25, 0.3) is 0 Å². The van der Waals surface area contributed by atoms with E-state index in [1.165, 1.54) is 5.56 Å². The van der Waals surface area contributed by atoms with Crippen molar-refractivity contribution in [3.63, 3.8) is 0 Å². The van der Waals surface area contributed by atoms with Gasteiger partial charge in [0.1, 0.15) is 17.4 Å². The molecule has 0 saturated heterocycles. The lowest BCUT2D eigenvalue weighted by atomic mass is 10.0. The van der Waals surface area contributed by atoms with Crippen LogP contribution >= 0.6 is 11.3 Å². The molecule has 1 aromatic carbocycles. The molecule has 0 spiro atoms. The number of ether oxygens (including phenoxy) is 1.